The fourth-order valence-electron chi connectivity index (χ4n) is 2.68. The SMILES string of the molecule is COc1ccc(C(=O)NCC(=O)NN=Cc2ccccc2OCc2ccc(Br)cc2)cc1. The summed E-state index contributed by atoms with van der Waals surface area (Å²) in [6.07, 6.45) is 1.50. The quantitative estimate of drug-likeness (QED) is 0.347. The largest absolute Gasteiger partial charge is 0.497 e. The van der Waals surface area contributed by atoms with Gasteiger partial charge in [0.05, 0.1) is 19.9 Å². The molecule has 3 aromatic carbocycles. The summed E-state index contributed by atoms with van der Waals surface area (Å²) >= 11 is 3.41. The van der Waals surface area contributed by atoms with E-state index in [-0.39, 0.29) is 12.5 Å². The molecule has 0 fully saturated rings. The van der Waals surface area contributed by atoms with Gasteiger partial charge in [-0.25, -0.2) is 5.43 Å². The van der Waals surface area contributed by atoms with Crippen molar-refractivity contribution in [2.75, 3.05) is 13.7 Å². The van der Waals surface area contributed by atoms with E-state index in [1.54, 1.807) is 31.4 Å². The predicted molar refractivity (Wildman–Crippen MR) is 126 cm³/mol. The molecule has 3 rings (SSSR count). The summed E-state index contributed by atoms with van der Waals surface area (Å²) in [6.45, 7) is 0.200. The zero-order chi connectivity index (χ0) is 22.8. The van der Waals surface area contributed by atoms with Gasteiger partial charge in [0, 0.05) is 15.6 Å². The van der Waals surface area contributed by atoms with E-state index in [1.807, 2.05) is 48.5 Å². The maximum atomic E-state index is 12.1. The summed E-state index contributed by atoms with van der Waals surface area (Å²) in [5, 5.41) is 6.51. The Morgan fingerprint density at radius 2 is 1.72 bits per heavy atom. The van der Waals surface area contributed by atoms with Crippen LogP contribution in [0.2, 0.25) is 0 Å². The first-order valence-corrected chi connectivity index (χ1v) is 10.5. The van der Waals surface area contributed by atoms with Crippen LogP contribution in [0.25, 0.3) is 0 Å². The van der Waals surface area contributed by atoms with Crippen LogP contribution in [0.1, 0.15) is 21.5 Å². The van der Waals surface area contributed by atoms with Gasteiger partial charge in [-0.2, -0.15) is 5.10 Å². The Kier molecular flexibility index (Phi) is 8.39. The van der Waals surface area contributed by atoms with Gasteiger partial charge in [0.2, 0.25) is 0 Å². The van der Waals surface area contributed by atoms with Gasteiger partial charge < -0.3 is 14.8 Å². The van der Waals surface area contributed by atoms with Gasteiger partial charge in [-0.05, 0) is 54.1 Å². The van der Waals surface area contributed by atoms with Crippen molar-refractivity contribution < 1.29 is 19.1 Å². The lowest BCUT2D eigenvalue weighted by atomic mass is 10.2. The van der Waals surface area contributed by atoms with Crippen LogP contribution >= 0.6 is 15.9 Å². The van der Waals surface area contributed by atoms with Crippen molar-refractivity contribution in [1.29, 1.82) is 0 Å². The molecule has 8 heteroatoms. The number of carbonyl (C=O) groups excluding carboxylic acids is 2. The summed E-state index contributed by atoms with van der Waals surface area (Å²) in [5.41, 5.74) is 4.57. The number of para-hydroxylation sites is 1. The average Bonchev–Trinajstić information content (AvgIpc) is 2.83. The van der Waals surface area contributed by atoms with Crippen molar-refractivity contribution in [2.45, 2.75) is 6.61 Å². The van der Waals surface area contributed by atoms with E-state index < -0.39 is 5.91 Å². The Morgan fingerprint density at radius 3 is 2.44 bits per heavy atom. The molecule has 0 bridgehead atoms. The molecule has 0 aliphatic rings. The number of amides is 2. The fraction of sp³-hybridized carbons (Fsp3) is 0.125. The zero-order valence-electron chi connectivity index (χ0n) is 17.4. The molecule has 32 heavy (non-hydrogen) atoms. The maximum Gasteiger partial charge on any atom is 0.259 e. The third-order valence-electron chi connectivity index (χ3n) is 4.38. The zero-order valence-corrected chi connectivity index (χ0v) is 19.0. The second-order valence-corrected chi connectivity index (χ2v) is 7.57. The van der Waals surface area contributed by atoms with E-state index in [4.69, 9.17) is 9.47 Å². The number of halogens is 1. The smallest absolute Gasteiger partial charge is 0.259 e. The van der Waals surface area contributed by atoms with E-state index in [0.29, 0.717) is 29.2 Å². The highest BCUT2D eigenvalue weighted by Gasteiger charge is 2.08. The van der Waals surface area contributed by atoms with Crippen LogP contribution in [0.15, 0.2) is 82.4 Å². The van der Waals surface area contributed by atoms with Crippen molar-refractivity contribution in [3.63, 3.8) is 0 Å². The minimum atomic E-state index is -0.448. The highest BCUT2D eigenvalue weighted by molar-refractivity contribution is 9.10. The van der Waals surface area contributed by atoms with Crippen LogP contribution in [0, 0.1) is 0 Å². The van der Waals surface area contributed by atoms with E-state index in [9.17, 15) is 9.59 Å². The number of hydrogen-bond donors (Lipinski definition) is 2. The normalized spacial score (nSPS) is 10.6. The molecule has 0 saturated heterocycles. The first kappa shape index (κ1) is 23.0. The average molecular weight is 496 g/mol. The molecule has 0 aromatic heterocycles. The molecular weight excluding hydrogens is 474 g/mol. The minimum Gasteiger partial charge on any atom is -0.497 e. The number of benzene rings is 3. The third-order valence-corrected chi connectivity index (χ3v) is 4.91. The molecule has 0 radical (unpaired) electrons. The molecule has 0 spiro atoms. The van der Waals surface area contributed by atoms with Gasteiger partial charge in [0.15, 0.2) is 0 Å². The van der Waals surface area contributed by atoms with Crippen LogP contribution in [0.4, 0.5) is 0 Å². The monoisotopic (exact) mass is 495 g/mol. The highest BCUT2D eigenvalue weighted by atomic mass is 79.9. The Hall–Kier alpha value is -3.65. The van der Waals surface area contributed by atoms with Crippen molar-refractivity contribution in [1.82, 2.24) is 10.7 Å². The number of carbonyl (C=O) groups is 2. The Bertz CT molecular complexity index is 1080. The molecule has 164 valence electrons. The molecule has 0 saturated carbocycles. The predicted octanol–water partition coefficient (Wildman–Crippen LogP) is 3.92. The van der Waals surface area contributed by atoms with Gasteiger partial charge in [-0.15, -0.1) is 0 Å². The van der Waals surface area contributed by atoms with Crippen molar-refractivity contribution in [3.05, 3.63) is 94.0 Å². The second kappa shape index (κ2) is 11.7. The number of nitrogens with zero attached hydrogens (tertiary/aromatic N) is 1. The first-order chi connectivity index (χ1) is 15.5. The van der Waals surface area contributed by atoms with Crippen molar-refractivity contribution >= 4 is 34.0 Å². The number of methoxy groups -OCH3 is 1. The van der Waals surface area contributed by atoms with E-state index in [2.05, 4.69) is 31.8 Å². The van der Waals surface area contributed by atoms with Crippen LogP contribution < -0.4 is 20.2 Å². The van der Waals surface area contributed by atoms with Crippen LogP contribution in [0.5, 0.6) is 11.5 Å². The van der Waals surface area contributed by atoms with Crippen LogP contribution in [-0.2, 0) is 11.4 Å². The van der Waals surface area contributed by atoms with E-state index in [1.165, 1.54) is 6.21 Å². The highest BCUT2D eigenvalue weighted by Crippen LogP contribution is 2.18. The summed E-state index contributed by atoms with van der Waals surface area (Å²) in [7, 11) is 1.55. The van der Waals surface area contributed by atoms with Gasteiger partial charge in [-0.1, -0.05) is 40.2 Å². The van der Waals surface area contributed by atoms with Gasteiger partial charge in [0.1, 0.15) is 18.1 Å². The molecular formula is C24H22BrN3O4. The third kappa shape index (κ3) is 6.95. The fourth-order valence-corrected chi connectivity index (χ4v) is 2.94. The molecule has 0 heterocycles. The topological polar surface area (TPSA) is 89.0 Å². The summed E-state index contributed by atoms with van der Waals surface area (Å²) in [6, 6.07) is 21.8. The lowest BCUT2D eigenvalue weighted by molar-refractivity contribution is -0.120. The molecule has 2 amide bonds. The summed E-state index contributed by atoms with van der Waals surface area (Å²) in [5.74, 6) is 0.478. The molecule has 0 atom stereocenters. The van der Waals surface area contributed by atoms with Crippen LogP contribution in [0.3, 0.4) is 0 Å². The number of hydrazone groups is 1. The summed E-state index contributed by atoms with van der Waals surface area (Å²) in [4.78, 5) is 24.1. The lowest BCUT2D eigenvalue weighted by Crippen LogP contribution is -2.34. The number of nitrogens with one attached hydrogen (secondary N) is 2. The molecule has 7 nitrogen and oxygen atoms in total. The summed E-state index contributed by atoms with van der Waals surface area (Å²) < 4.78 is 11.9. The standard InChI is InChI=1S/C24H22BrN3O4/c1-31-21-12-8-18(9-13-21)24(30)26-15-23(29)28-27-14-19-4-2-3-5-22(19)32-16-17-6-10-20(25)11-7-17/h2-14H,15-16H2,1H3,(H,26,30)(H,28,29). The molecule has 0 unspecified atom stereocenters. The van der Waals surface area contributed by atoms with Gasteiger partial charge in [-0.3, -0.25) is 9.59 Å². The number of rotatable bonds is 9. The molecule has 2 N–H and O–H groups in total. The molecule has 0 aliphatic carbocycles. The van der Waals surface area contributed by atoms with Crippen molar-refractivity contribution in [3.8, 4) is 11.5 Å². The maximum absolute atomic E-state index is 12.1. The molecule has 3 aromatic rings. The van der Waals surface area contributed by atoms with E-state index >= 15 is 0 Å². The number of ether oxygens (including phenoxy) is 2. The van der Waals surface area contributed by atoms with Crippen molar-refractivity contribution in [2.24, 2.45) is 5.10 Å². The van der Waals surface area contributed by atoms with Gasteiger partial charge in [0.25, 0.3) is 11.8 Å². The van der Waals surface area contributed by atoms with Gasteiger partial charge >= 0.3 is 0 Å². The number of hydrogen-bond acceptors (Lipinski definition) is 5. The Balaban J connectivity index is 1.49. The Morgan fingerprint density at radius 1 is 1.00 bits per heavy atom. The van der Waals surface area contributed by atoms with Crippen LogP contribution in [-0.4, -0.2) is 31.7 Å². The Labute approximate surface area is 194 Å². The molecule has 0 aliphatic heterocycles. The first-order valence-electron chi connectivity index (χ1n) is 9.75. The lowest BCUT2D eigenvalue weighted by Gasteiger charge is -2.09. The second-order valence-electron chi connectivity index (χ2n) is 6.66. The van der Waals surface area contributed by atoms with E-state index in [0.717, 1.165) is 10.0 Å². The minimum absolute atomic E-state index is 0.204.